The fourth-order valence-corrected chi connectivity index (χ4v) is 2.07. The Kier molecular flexibility index (Phi) is 1.48. The highest BCUT2D eigenvalue weighted by molar-refractivity contribution is 5.56. The van der Waals surface area contributed by atoms with Gasteiger partial charge >= 0.3 is 0 Å². The molecule has 60 valence electrons. The summed E-state index contributed by atoms with van der Waals surface area (Å²) in [5.74, 6) is 1.97. The Morgan fingerprint density at radius 1 is 1.82 bits per heavy atom. The van der Waals surface area contributed by atoms with Crippen LogP contribution in [0.2, 0.25) is 0 Å². The molecule has 0 saturated carbocycles. The summed E-state index contributed by atoms with van der Waals surface area (Å²) >= 11 is 0. The number of hydrogen-bond acceptors (Lipinski definition) is 3. The predicted octanol–water partition coefficient (Wildman–Crippen LogP) is -0.232. The van der Waals surface area contributed by atoms with Gasteiger partial charge in [-0.2, -0.15) is 0 Å². The van der Waals surface area contributed by atoms with Gasteiger partial charge in [0.05, 0.1) is 6.04 Å². The van der Waals surface area contributed by atoms with Crippen molar-refractivity contribution < 1.29 is 4.79 Å². The molecule has 0 aromatic heterocycles. The summed E-state index contributed by atoms with van der Waals surface area (Å²) in [5.41, 5.74) is 0.767. The number of carbonyl (C=O) groups excluding carboxylic acids is 1. The van der Waals surface area contributed by atoms with E-state index in [0.717, 1.165) is 25.2 Å². The van der Waals surface area contributed by atoms with Gasteiger partial charge in [-0.15, -0.1) is 0 Å². The Hall–Kier alpha value is -0.790. The quantitative estimate of drug-likeness (QED) is 0.527. The normalized spacial score (nSPS) is 35.5. The maximum absolute atomic E-state index is 10.4. The van der Waals surface area contributed by atoms with E-state index in [2.05, 4.69) is 17.1 Å². The summed E-state index contributed by atoms with van der Waals surface area (Å²) in [5, 5.41) is 3.16. The molecule has 0 aliphatic carbocycles. The topological polar surface area (TPSA) is 32.3 Å². The molecule has 3 heteroatoms. The van der Waals surface area contributed by atoms with Crippen LogP contribution in [0.4, 0.5) is 0 Å². The molecule has 1 N–H and O–H groups in total. The Balaban J connectivity index is 2.20. The minimum atomic E-state index is 0.350. The fraction of sp³-hybridized carbons (Fsp3) is 0.750. The van der Waals surface area contributed by atoms with Crippen molar-refractivity contribution in [3.8, 4) is 0 Å². The van der Waals surface area contributed by atoms with Crippen molar-refractivity contribution in [3.63, 3.8) is 0 Å². The van der Waals surface area contributed by atoms with E-state index in [9.17, 15) is 4.79 Å². The summed E-state index contributed by atoms with van der Waals surface area (Å²) in [6.45, 7) is 4.25. The molecule has 2 bridgehead atoms. The number of likely N-dealkylation sites (tertiary alicyclic amines) is 1. The Morgan fingerprint density at radius 2 is 2.64 bits per heavy atom. The maximum atomic E-state index is 10.4. The zero-order valence-electron chi connectivity index (χ0n) is 6.63. The molecule has 2 rings (SSSR count). The zero-order chi connectivity index (χ0) is 7.84. The van der Waals surface area contributed by atoms with E-state index in [1.807, 2.05) is 5.94 Å². The second-order valence-electron chi connectivity index (χ2n) is 3.20. The highest BCUT2D eigenvalue weighted by Crippen LogP contribution is 2.28. The molecule has 2 saturated heterocycles. The molecule has 2 heterocycles. The first kappa shape index (κ1) is 6.89. The summed E-state index contributed by atoms with van der Waals surface area (Å²) < 4.78 is 0. The summed E-state index contributed by atoms with van der Waals surface area (Å²) in [6.07, 6.45) is 1.10. The zero-order valence-corrected chi connectivity index (χ0v) is 6.63. The maximum Gasteiger partial charge on any atom is 0.147 e. The van der Waals surface area contributed by atoms with Gasteiger partial charge in [0, 0.05) is 12.6 Å². The van der Waals surface area contributed by atoms with Crippen molar-refractivity contribution >= 4 is 5.94 Å². The smallest absolute Gasteiger partial charge is 0.147 e. The lowest BCUT2D eigenvalue weighted by Gasteiger charge is -2.26. The molecule has 2 atom stereocenters. The number of nitrogens with one attached hydrogen (secondary N) is 1. The van der Waals surface area contributed by atoms with Crippen LogP contribution in [-0.4, -0.2) is 36.0 Å². The van der Waals surface area contributed by atoms with Crippen LogP contribution >= 0.6 is 0 Å². The van der Waals surface area contributed by atoms with Gasteiger partial charge in [-0.05, 0) is 13.0 Å². The number of fused-ring (bicyclic) bond motifs is 2. The monoisotopic (exact) mass is 152 g/mol. The van der Waals surface area contributed by atoms with Crippen molar-refractivity contribution in [1.82, 2.24) is 10.2 Å². The van der Waals surface area contributed by atoms with E-state index >= 15 is 0 Å². The van der Waals surface area contributed by atoms with E-state index in [4.69, 9.17) is 0 Å². The highest BCUT2D eigenvalue weighted by Gasteiger charge is 2.40. The Morgan fingerprint density at radius 3 is 3.18 bits per heavy atom. The molecule has 3 nitrogen and oxygen atoms in total. The molecule has 2 aliphatic rings. The second-order valence-corrected chi connectivity index (χ2v) is 3.20. The van der Waals surface area contributed by atoms with Crippen molar-refractivity contribution in [2.45, 2.75) is 25.4 Å². The highest BCUT2D eigenvalue weighted by atomic mass is 16.1. The van der Waals surface area contributed by atoms with Crippen LogP contribution < -0.4 is 5.32 Å². The molecule has 0 amide bonds. The first-order chi connectivity index (χ1) is 5.35. The molecule has 11 heavy (non-hydrogen) atoms. The lowest BCUT2D eigenvalue weighted by atomic mass is 10.2. The van der Waals surface area contributed by atoms with Crippen molar-refractivity contribution in [1.29, 1.82) is 0 Å². The lowest BCUT2D eigenvalue weighted by molar-refractivity contribution is 0.267. The molecule has 2 aliphatic heterocycles. The average Bonchev–Trinajstić information content (AvgIpc) is 2.60. The van der Waals surface area contributed by atoms with Crippen LogP contribution in [-0.2, 0) is 4.79 Å². The van der Waals surface area contributed by atoms with E-state index < -0.39 is 0 Å². The molecule has 0 unspecified atom stereocenters. The van der Waals surface area contributed by atoms with Crippen LogP contribution in [0, 0.1) is 0 Å². The second kappa shape index (κ2) is 2.36. The minimum Gasteiger partial charge on any atom is -0.374 e. The Labute approximate surface area is 66.1 Å². The third kappa shape index (κ3) is 0.889. The third-order valence-corrected chi connectivity index (χ3v) is 2.61. The van der Waals surface area contributed by atoms with Gasteiger partial charge in [-0.1, -0.05) is 6.92 Å². The summed E-state index contributed by atoms with van der Waals surface area (Å²) in [4.78, 5) is 12.7. The average molecular weight is 152 g/mol. The largest absolute Gasteiger partial charge is 0.374 e. The van der Waals surface area contributed by atoms with E-state index in [-0.39, 0.29) is 0 Å². The van der Waals surface area contributed by atoms with Crippen LogP contribution in [0.5, 0.6) is 0 Å². The molecule has 0 radical (unpaired) electrons. The number of hydrogen-bond donors (Lipinski definition) is 1. The number of likely N-dealkylation sites (N-methyl/N-ethyl adjacent to an activating group) is 1. The number of piperazine rings is 1. The molecule has 2 fully saturated rings. The first-order valence-corrected chi connectivity index (χ1v) is 4.10. The lowest BCUT2D eigenvalue weighted by Crippen LogP contribution is -2.41. The van der Waals surface area contributed by atoms with Gasteiger partial charge < -0.3 is 5.32 Å². The Bertz CT molecular complexity index is 220. The molecule has 0 aromatic carbocycles. The van der Waals surface area contributed by atoms with Gasteiger partial charge in [-0.25, -0.2) is 4.79 Å². The van der Waals surface area contributed by atoms with Gasteiger partial charge in [0.1, 0.15) is 11.6 Å². The van der Waals surface area contributed by atoms with E-state index in [0.29, 0.717) is 12.1 Å². The third-order valence-electron chi connectivity index (χ3n) is 2.61. The van der Waals surface area contributed by atoms with Crippen LogP contribution in [0.1, 0.15) is 13.3 Å². The number of rotatable bonds is 1. The fourth-order valence-electron chi connectivity index (χ4n) is 2.07. The van der Waals surface area contributed by atoms with Crippen LogP contribution in [0.3, 0.4) is 0 Å². The predicted molar refractivity (Wildman–Crippen MR) is 41.8 cm³/mol. The molecule has 0 aromatic rings. The van der Waals surface area contributed by atoms with Gasteiger partial charge in [0.2, 0.25) is 0 Å². The SMILES string of the molecule is CCN1C[C@H]2C[C@@H]1C(=C=O)N2. The van der Waals surface area contributed by atoms with Crippen molar-refractivity contribution in [2.24, 2.45) is 0 Å². The van der Waals surface area contributed by atoms with Gasteiger partial charge in [-0.3, -0.25) is 4.90 Å². The van der Waals surface area contributed by atoms with Gasteiger partial charge in [0.25, 0.3) is 0 Å². The standard InChI is InChI=1S/C8H12N2O/c1-2-10-4-6-3-8(10)7(5-11)9-6/h6,8-9H,2-4H2,1H3/t6-,8-/m1/s1. The van der Waals surface area contributed by atoms with Gasteiger partial charge in [0.15, 0.2) is 0 Å². The van der Waals surface area contributed by atoms with Crippen molar-refractivity contribution in [2.75, 3.05) is 13.1 Å². The molecule has 0 spiro atoms. The van der Waals surface area contributed by atoms with Crippen LogP contribution in [0.25, 0.3) is 0 Å². The summed E-state index contributed by atoms with van der Waals surface area (Å²) in [6, 6.07) is 0.860. The molecular formula is C8H12N2O. The van der Waals surface area contributed by atoms with E-state index in [1.54, 1.807) is 0 Å². The van der Waals surface area contributed by atoms with Crippen molar-refractivity contribution in [3.05, 3.63) is 5.70 Å². The first-order valence-electron chi connectivity index (χ1n) is 4.10. The number of nitrogens with zero attached hydrogens (tertiary/aromatic N) is 1. The van der Waals surface area contributed by atoms with E-state index in [1.165, 1.54) is 0 Å². The van der Waals surface area contributed by atoms with Crippen LogP contribution in [0.15, 0.2) is 5.70 Å². The summed E-state index contributed by atoms with van der Waals surface area (Å²) in [7, 11) is 0. The minimum absolute atomic E-state index is 0.350. The molecular weight excluding hydrogens is 140 g/mol.